The molecule has 0 spiro atoms. The van der Waals surface area contributed by atoms with Crippen LogP contribution in [0.1, 0.15) is 11.1 Å². The maximum absolute atomic E-state index is 13.0. The highest BCUT2D eigenvalue weighted by atomic mass is 35.5. The lowest BCUT2D eigenvalue weighted by atomic mass is 10.1. The van der Waals surface area contributed by atoms with Crippen molar-refractivity contribution in [3.63, 3.8) is 0 Å². The molecule has 100 valence electrons. The molecule has 0 radical (unpaired) electrons. The van der Waals surface area contributed by atoms with E-state index in [1.165, 1.54) is 12.1 Å². The van der Waals surface area contributed by atoms with Gasteiger partial charge in [-0.15, -0.1) is 0 Å². The van der Waals surface area contributed by atoms with Gasteiger partial charge < -0.3 is 5.32 Å². The van der Waals surface area contributed by atoms with Gasteiger partial charge in [-0.25, -0.2) is 4.39 Å². The van der Waals surface area contributed by atoms with Gasteiger partial charge >= 0.3 is 0 Å². The van der Waals surface area contributed by atoms with Crippen LogP contribution >= 0.6 is 34.8 Å². The molecule has 0 aliphatic heterocycles. The van der Waals surface area contributed by atoms with E-state index in [1.807, 2.05) is 6.92 Å². The van der Waals surface area contributed by atoms with Crippen molar-refractivity contribution >= 4 is 40.5 Å². The molecule has 0 heterocycles. The first kappa shape index (κ1) is 14.4. The van der Waals surface area contributed by atoms with Crippen LogP contribution in [0.5, 0.6) is 0 Å². The van der Waals surface area contributed by atoms with Crippen LogP contribution in [-0.4, -0.2) is 0 Å². The molecule has 0 fully saturated rings. The monoisotopic (exact) mass is 317 g/mol. The van der Waals surface area contributed by atoms with E-state index in [4.69, 9.17) is 34.8 Å². The van der Waals surface area contributed by atoms with Crippen LogP contribution in [0.3, 0.4) is 0 Å². The van der Waals surface area contributed by atoms with Gasteiger partial charge in [-0.05, 0) is 42.8 Å². The predicted octanol–water partition coefficient (Wildman–Crippen LogP) is 5.71. The van der Waals surface area contributed by atoms with Crippen LogP contribution in [0.2, 0.25) is 15.1 Å². The zero-order valence-electron chi connectivity index (χ0n) is 10.1. The Bertz CT molecular complexity index is 614. The molecule has 2 aromatic carbocycles. The largest absolute Gasteiger partial charge is 0.381 e. The summed E-state index contributed by atoms with van der Waals surface area (Å²) in [5, 5.41) is 4.60. The summed E-state index contributed by atoms with van der Waals surface area (Å²) in [5.74, 6) is -0.262. The fourth-order valence-electron chi connectivity index (χ4n) is 1.74. The maximum atomic E-state index is 13.0. The zero-order valence-corrected chi connectivity index (χ0v) is 12.4. The van der Waals surface area contributed by atoms with Crippen molar-refractivity contribution in [3.8, 4) is 0 Å². The summed E-state index contributed by atoms with van der Waals surface area (Å²) in [7, 11) is 0. The van der Waals surface area contributed by atoms with Gasteiger partial charge in [-0.2, -0.15) is 0 Å². The Labute approximate surface area is 126 Å². The van der Waals surface area contributed by atoms with Gasteiger partial charge in [0.1, 0.15) is 5.82 Å². The maximum Gasteiger partial charge on any atom is 0.123 e. The van der Waals surface area contributed by atoms with Crippen LogP contribution in [0.4, 0.5) is 10.1 Å². The molecule has 0 saturated heterocycles. The Morgan fingerprint density at radius 3 is 2.42 bits per heavy atom. The smallest absolute Gasteiger partial charge is 0.123 e. The van der Waals surface area contributed by atoms with Crippen LogP contribution in [0.25, 0.3) is 0 Å². The Morgan fingerprint density at radius 1 is 1.05 bits per heavy atom. The van der Waals surface area contributed by atoms with E-state index in [0.717, 1.165) is 16.8 Å². The molecule has 1 nitrogen and oxygen atoms in total. The molecular weight excluding hydrogens is 308 g/mol. The van der Waals surface area contributed by atoms with Gasteiger partial charge in [-0.1, -0.05) is 34.8 Å². The molecule has 0 atom stereocenters. The summed E-state index contributed by atoms with van der Waals surface area (Å²) in [5.41, 5.74) is 2.36. The molecule has 2 rings (SSSR count). The number of hydrogen-bond acceptors (Lipinski definition) is 1. The predicted molar refractivity (Wildman–Crippen MR) is 79.9 cm³/mol. The third-order valence-corrected chi connectivity index (χ3v) is 3.98. The molecule has 0 bridgehead atoms. The Kier molecular flexibility index (Phi) is 4.56. The van der Waals surface area contributed by atoms with Gasteiger partial charge in [-0.3, -0.25) is 0 Å². The van der Waals surface area contributed by atoms with Gasteiger partial charge in [0.05, 0.1) is 10.0 Å². The normalized spacial score (nSPS) is 10.6. The summed E-state index contributed by atoms with van der Waals surface area (Å²) in [6.07, 6.45) is 0. The molecule has 2 aromatic rings. The third kappa shape index (κ3) is 3.33. The zero-order chi connectivity index (χ0) is 14.0. The summed E-state index contributed by atoms with van der Waals surface area (Å²) >= 11 is 18.2. The van der Waals surface area contributed by atoms with Crippen molar-refractivity contribution in [2.24, 2.45) is 0 Å². The lowest BCUT2D eigenvalue weighted by molar-refractivity contribution is 0.627. The molecule has 0 amide bonds. The van der Waals surface area contributed by atoms with Gasteiger partial charge in [0.15, 0.2) is 0 Å². The van der Waals surface area contributed by atoms with E-state index in [1.54, 1.807) is 18.2 Å². The minimum Gasteiger partial charge on any atom is -0.381 e. The molecule has 0 saturated carbocycles. The lowest BCUT2D eigenvalue weighted by Gasteiger charge is -2.12. The Balaban J connectivity index is 2.21. The van der Waals surface area contributed by atoms with Crippen molar-refractivity contribution in [2.45, 2.75) is 13.5 Å². The first-order valence-electron chi connectivity index (χ1n) is 5.61. The molecule has 0 aromatic heterocycles. The fourth-order valence-corrected chi connectivity index (χ4v) is 2.42. The number of aryl methyl sites for hydroxylation is 1. The highest BCUT2D eigenvalue weighted by Gasteiger charge is 2.10. The van der Waals surface area contributed by atoms with Gasteiger partial charge in [0.25, 0.3) is 0 Å². The second kappa shape index (κ2) is 6.00. The molecule has 5 heteroatoms. The van der Waals surface area contributed by atoms with Crippen molar-refractivity contribution in [2.75, 3.05) is 5.32 Å². The van der Waals surface area contributed by atoms with Crippen LogP contribution in [0.15, 0.2) is 30.3 Å². The minimum absolute atomic E-state index is 0.262. The summed E-state index contributed by atoms with van der Waals surface area (Å²) in [4.78, 5) is 0. The van der Waals surface area contributed by atoms with E-state index < -0.39 is 0 Å². The lowest BCUT2D eigenvalue weighted by Crippen LogP contribution is -2.03. The minimum atomic E-state index is -0.262. The first-order valence-corrected chi connectivity index (χ1v) is 6.75. The van der Waals surface area contributed by atoms with Crippen molar-refractivity contribution in [1.29, 1.82) is 0 Å². The SMILES string of the molecule is Cc1cc(F)ccc1NCc1c(Cl)ccc(Cl)c1Cl. The number of rotatable bonds is 3. The third-order valence-electron chi connectivity index (χ3n) is 2.78. The number of anilines is 1. The fraction of sp³-hybridized carbons (Fsp3) is 0.143. The van der Waals surface area contributed by atoms with Crippen molar-refractivity contribution in [3.05, 3.63) is 62.3 Å². The highest BCUT2D eigenvalue weighted by Crippen LogP contribution is 2.32. The Morgan fingerprint density at radius 2 is 1.74 bits per heavy atom. The number of benzene rings is 2. The average molecular weight is 319 g/mol. The van der Waals surface area contributed by atoms with Crippen molar-refractivity contribution in [1.82, 2.24) is 0 Å². The highest BCUT2D eigenvalue weighted by molar-refractivity contribution is 6.44. The van der Waals surface area contributed by atoms with E-state index in [-0.39, 0.29) is 5.82 Å². The molecule has 0 unspecified atom stereocenters. The summed E-state index contributed by atoms with van der Waals surface area (Å²) < 4.78 is 13.0. The molecule has 19 heavy (non-hydrogen) atoms. The topological polar surface area (TPSA) is 12.0 Å². The standard InChI is InChI=1S/C14H11Cl3FN/c1-8-6-9(18)2-5-13(8)19-7-10-11(15)3-4-12(16)14(10)17/h2-6,19H,7H2,1H3. The number of halogens is 4. The number of nitrogens with one attached hydrogen (secondary N) is 1. The second-order valence-electron chi connectivity index (χ2n) is 4.13. The van der Waals surface area contributed by atoms with E-state index in [9.17, 15) is 4.39 Å². The molecule has 0 aliphatic rings. The second-order valence-corrected chi connectivity index (χ2v) is 5.33. The molecular formula is C14H11Cl3FN. The quantitative estimate of drug-likeness (QED) is 0.715. The van der Waals surface area contributed by atoms with E-state index in [2.05, 4.69) is 5.32 Å². The summed E-state index contributed by atoms with van der Waals surface area (Å²) in [6.45, 7) is 2.25. The average Bonchev–Trinajstić information content (AvgIpc) is 2.36. The van der Waals surface area contributed by atoms with Crippen LogP contribution < -0.4 is 5.32 Å². The summed E-state index contributed by atoms with van der Waals surface area (Å²) in [6, 6.07) is 7.89. The molecule has 0 aliphatic carbocycles. The van der Waals surface area contributed by atoms with Gasteiger partial charge in [0, 0.05) is 22.8 Å². The van der Waals surface area contributed by atoms with Crippen molar-refractivity contribution < 1.29 is 4.39 Å². The molecule has 1 N–H and O–H groups in total. The van der Waals surface area contributed by atoms with E-state index in [0.29, 0.717) is 21.6 Å². The van der Waals surface area contributed by atoms with Crippen LogP contribution in [-0.2, 0) is 6.54 Å². The van der Waals surface area contributed by atoms with Crippen LogP contribution in [0, 0.1) is 12.7 Å². The van der Waals surface area contributed by atoms with E-state index >= 15 is 0 Å². The van der Waals surface area contributed by atoms with Gasteiger partial charge in [0.2, 0.25) is 0 Å². The number of hydrogen-bond donors (Lipinski definition) is 1. The Hall–Kier alpha value is -0.960. The first-order chi connectivity index (χ1) is 8.99.